The maximum Gasteiger partial charge on any atom is 0.125 e. The van der Waals surface area contributed by atoms with E-state index in [-0.39, 0.29) is 12.4 Å². The normalized spacial score (nSPS) is 13.2. The second-order valence-corrected chi connectivity index (χ2v) is 8.21. The van der Waals surface area contributed by atoms with Crippen molar-refractivity contribution in [3.05, 3.63) is 76.7 Å². The van der Waals surface area contributed by atoms with Gasteiger partial charge in [0.25, 0.3) is 0 Å². The van der Waals surface area contributed by atoms with Crippen LogP contribution in [0, 0.1) is 6.92 Å². The van der Waals surface area contributed by atoms with E-state index >= 15 is 0 Å². The van der Waals surface area contributed by atoms with Crippen LogP contribution in [0.1, 0.15) is 28.8 Å². The highest BCUT2D eigenvalue weighted by Crippen LogP contribution is 2.42. The van der Waals surface area contributed by atoms with Crippen LogP contribution >= 0.6 is 23.7 Å². The number of nitrogens with zero attached hydrogens (tertiary/aromatic N) is 1. The van der Waals surface area contributed by atoms with Crippen molar-refractivity contribution < 1.29 is 0 Å². The van der Waals surface area contributed by atoms with Crippen molar-refractivity contribution in [2.24, 2.45) is 0 Å². The molecular formula is C24H22ClNS. The first-order valence-electron chi connectivity index (χ1n) is 9.38. The molecule has 1 aliphatic rings. The minimum Gasteiger partial charge on any atom is -0.237 e. The molecule has 0 atom stereocenters. The summed E-state index contributed by atoms with van der Waals surface area (Å²) in [6, 6.07) is 21.7. The second-order valence-electron chi connectivity index (χ2n) is 7.13. The van der Waals surface area contributed by atoms with E-state index < -0.39 is 0 Å². The predicted molar refractivity (Wildman–Crippen MR) is 119 cm³/mol. The van der Waals surface area contributed by atoms with E-state index in [1.54, 1.807) is 10.4 Å². The fourth-order valence-corrected chi connectivity index (χ4v) is 5.39. The Morgan fingerprint density at radius 2 is 1.59 bits per heavy atom. The minimum atomic E-state index is 0. The number of benzene rings is 2. The van der Waals surface area contributed by atoms with Crippen LogP contribution in [-0.4, -0.2) is 4.98 Å². The van der Waals surface area contributed by atoms with E-state index in [1.807, 2.05) is 11.3 Å². The van der Waals surface area contributed by atoms with Crippen LogP contribution in [-0.2, 0) is 12.8 Å². The van der Waals surface area contributed by atoms with Gasteiger partial charge in [0, 0.05) is 15.8 Å². The van der Waals surface area contributed by atoms with Gasteiger partial charge >= 0.3 is 0 Å². The Morgan fingerprint density at radius 1 is 0.852 bits per heavy atom. The third kappa shape index (κ3) is 3.18. The minimum absolute atomic E-state index is 0. The fourth-order valence-electron chi connectivity index (χ4n) is 4.10. The summed E-state index contributed by atoms with van der Waals surface area (Å²) in [5.41, 5.74) is 7.79. The van der Waals surface area contributed by atoms with Crippen molar-refractivity contribution in [1.29, 1.82) is 0 Å². The van der Waals surface area contributed by atoms with Crippen LogP contribution in [0.3, 0.4) is 0 Å². The summed E-state index contributed by atoms with van der Waals surface area (Å²) in [7, 11) is 0. The Kier molecular flexibility index (Phi) is 5.03. The molecule has 0 N–H and O–H groups in total. The quantitative estimate of drug-likeness (QED) is 0.351. The highest BCUT2D eigenvalue weighted by atomic mass is 35.5. The summed E-state index contributed by atoms with van der Waals surface area (Å²) in [6.07, 6.45) is 5.02. The van der Waals surface area contributed by atoms with Crippen molar-refractivity contribution in [3.63, 3.8) is 0 Å². The molecule has 27 heavy (non-hydrogen) atoms. The highest BCUT2D eigenvalue weighted by molar-refractivity contribution is 7.19. The summed E-state index contributed by atoms with van der Waals surface area (Å²) in [5.74, 6) is 0. The van der Waals surface area contributed by atoms with Crippen LogP contribution in [0.15, 0.2) is 60.7 Å². The molecule has 5 rings (SSSR count). The van der Waals surface area contributed by atoms with Crippen LogP contribution in [0.2, 0.25) is 0 Å². The average molecular weight is 392 g/mol. The van der Waals surface area contributed by atoms with Crippen molar-refractivity contribution in [2.45, 2.75) is 32.6 Å². The molecule has 1 nitrogen and oxygen atoms in total. The van der Waals surface area contributed by atoms with Gasteiger partial charge in [-0.2, -0.15) is 0 Å². The van der Waals surface area contributed by atoms with E-state index in [0.717, 1.165) is 5.69 Å². The van der Waals surface area contributed by atoms with Gasteiger partial charge in [-0.1, -0.05) is 54.6 Å². The van der Waals surface area contributed by atoms with Gasteiger partial charge in [-0.25, -0.2) is 4.98 Å². The van der Waals surface area contributed by atoms with Gasteiger partial charge in [-0.3, -0.25) is 0 Å². The Balaban J connectivity index is 0.00000180. The zero-order chi connectivity index (χ0) is 17.5. The molecule has 4 aromatic rings. The molecular weight excluding hydrogens is 370 g/mol. The van der Waals surface area contributed by atoms with E-state index in [1.165, 1.54) is 58.2 Å². The van der Waals surface area contributed by atoms with Gasteiger partial charge in [0.1, 0.15) is 4.83 Å². The number of hydrogen-bond donors (Lipinski definition) is 0. The van der Waals surface area contributed by atoms with Gasteiger partial charge < -0.3 is 0 Å². The first-order valence-corrected chi connectivity index (χ1v) is 10.2. The SMILES string of the molecule is Cc1ccccc1-c1cc(-c2ccccc2)c2c3c(sc2n1)CCCC3.Cl. The lowest BCUT2D eigenvalue weighted by Gasteiger charge is -2.13. The van der Waals surface area contributed by atoms with E-state index in [9.17, 15) is 0 Å². The van der Waals surface area contributed by atoms with Crippen LogP contribution in [0.4, 0.5) is 0 Å². The molecule has 2 aromatic heterocycles. The van der Waals surface area contributed by atoms with Crippen LogP contribution in [0.5, 0.6) is 0 Å². The third-order valence-corrected chi connectivity index (χ3v) is 6.62. The Hall–Kier alpha value is -2.16. The van der Waals surface area contributed by atoms with Crippen molar-refractivity contribution in [1.82, 2.24) is 4.98 Å². The second kappa shape index (κ2) is 7.46. The zero-order valence-corrected chi connectivity index (χ0v) is 17.0. The number of pyridine rings is 1. The molecule has 136 valence electrons. The molecule has 2 aromatic carbocycles. The molecule has 1 aliphatic carbocycles. The van der Waals surface area contributed by atoms with Crippen LogP contribution < -0.4 is 0 Å². The Labute approximate surface area is 170 Å². The molecule has 0 aliphatic heterocycles. The van der Waals surface area contributed by atoms with Crippen molar-refractivity contribution in [3.8, 4) is 22.4 Å². The summed E-state index contributed by atoms with van der Waals surface area (Å²) in [5, 5.41) is 1.40. The smallest absolute Gasteiger partial charge is 0.125 e. The lowest BCUT2D eigenvalue weighted by Crippen LogP contribution is -1.99. The Bertz CT molecular complexity index is 1100. The maximum absolute atomic E-state index is 5.12. The molecule has 0 spiro atoms. The predicted octanol–water partition coefficient (Wildman–Crippen LogP) is 7.24. The van der Waals surface area contributed by atoms with Gasteiger partial charge in [-0.05, 0) is 60.9 Å². The van der Waals surface area contributed by atoms with Crippen LogP contribution in [0.25, 0.3) is 32.6 Å². The van der Waals surface area contributed by atoms with Crippen molar-refractivity contribution >= 4 is 34.0 Å². The molecule has 3 heteroatoms. The van der Waals surface area contributed by atoms with Gasteiger partial charge in [0.15, 0.2) is 0 Å². The fraction of sp³-hybridized carbons (Fsp3) is 0.208. The molecule has 2 heterocycles. The lowest BCUT2D eigenvalue weighted by molar-refractivity contribution is 0.700. The largest absolute Gasteiger partial charge is 0.237 e. The van der Waals surface area contributed by atoms with Gasteiger partial charge in [0.05, 0.1) is 5.69 Å². The first-order chi connectivity index (χ1) is 12.8. The topological polar surface area (TPSA) is 12.9 Å². The monoisotopic (exact) mass is 391 g/mol. The zero-order valence-electron chi connectivity index (χ0n) is 15.4. The summed E-state index contributed by atoms with van der Waals surface area (Å²) in [6.45, 7) is 2.17. The molecule has 0 fully saturated rings. The van der Waals surface area contributed by atoms with Gasteiger partial charge in [-0.15, -0.1) is 23.7 Å². The average Bonchev–Trinajstić information content (AvgIpc) is 3.07. The molecule has 0 unspecified atom stereocenters. The lowest BCUT2D eigenvalue weighted by atomic mass is 9.92. The molecule has 0 saturated carbocycles. The number of fused-ring (bicyclic) bond motifs is 3. The number of halogens is 1. The molecule has 0 bridgehead atoms. The van der Waals surface area contributed by atoms with Gasteiger partial charge in [0.2, 0.25) is 0 Å². The Morgan fingerprint density at radius 3 is 2.41 bits per heavy atom. The first kappa shape index (κ1) is 18.2. The summed E-state index contributed by atoms with van der Waals surface area (Å²) in [4.78, 5) is 7.87. The molecule has 0 radical (unpaired) electrons. The summed E-state index contributed by atoms with van der Waals surface area (Å²) < 4.78 is 0. The number of thiophene rings is 1. The summed E-state index contributed by atoms with van der Waals surface area (Å²) >= 11 is 1.91. The van der Waals surface area contributed by atoms with E-state index in [0.29, 0.717) is 0 Å². The number of aryl methyl sites for hydroxylation is 3. The standard InChI is InChI=1S/C24H21NS.ClH/c1-16-9-5-6-12-18(16)21-15-20(17-10-3-2-4-11-17)23-19-13-7-8-14-22(19)26-24(23)25-21;/h2-6,9-12,15H,7-8,13-14H2,1H3;1H. The number of aromatic nitrogens is 1. The number of rotatable bonds is 2. The third-order valence-electron chi connectivity index (χ3n) is 5.43. The van der Waals surface area contributed by atoms with Crippen molar-refractivity contribution in [2.75, 3.05) is 0 Å². The maximum atomic E-state index is 5.12. The molecule has 0 saturated heterocycles. The van der Waals surface area contributed by atoms with E-state index in [2.05, 4.69) is 67.6 Å². The molecule has 0 amide bonds. The van der Waals surface area contributed by atoms with E-state index in [4.69, 9.17) is 4.98 Å². The highest BCUT2D eigenvalue weighted by Gasteiger charge is 2.21. The number of hydrogen-bond acceptors (Lipinski definition) is 2.